The molecule has 0 aromatic carbocycles. The molecule has 1 rings (SSSR count). The third-order valence-corrected chi connectivity index (χ3v) is 1.85. The minimum Gasteiger partial charge on any atom is -0.464 e. The van der Waals surface area contributed by atoms with E-state index in [2.05, 4.69) is 5.10 Å². The molecule has 11 heavy (non-hydrogen) atoms. The number of hydrazone groups is 1. The van der Waals surface area contributed by atoms with Crippen molar-refractivity contribution in [3.05, 3.63) is 0 Å². The van der Waals surface area contributed by atoms with Crippen LogP contribution in [0, 0.1) is 5.92 Å². The summed E-state index contributed by atoms with van der Waals surface area (Å²) in [7, 11) is 0. The summed E-state index contributed by atoms with van der Waals surface area (Å²) < 4.78 is 0. The molecule has 0 atom stereocenters. The quantitative estimate of drug-likeness (QED) is 0.469. The number of rotatable bonds is 2. The molecule has 1 amide bonds. The number of nitrogens with one attached hydrogen (secondary N) is 1. The molecule has 62 valence electrons. The number of nitrogens with zero attached hydrogens (tertiary/aromatic N) is 1. The van der Waals surface area contributed by atoms with Crippen molar-refractivity contribution in [2.24, 2.45) is 11.0 Å². The van der Waals surface area contributed by atoms with Crippen molar-refractivity contribution in [3.63, 3.8) is 0 Å². The molecule has 1 saturated carbocycles. The highest BCUT2D eigenvalue weighted by atomic mass is 16.4. The first-order valence-electron chi connectivity index (χ1n) is 3.81. The maximum absolute atomic E-state index is 9.95. The highest BCUT2D eigenvalue weighted by molar-refractivity contribution is 5.67. The number of carbonyl (C=O) groups is 1. The summed E-state index contributed by atoms with van der Waals surface area (Å²) >= 11 is 0. The van der Waals surface area contributed by atoms with Gasteiger partial charge in [0.05, 0.1) is 0 Å². The predicted octanol–water partition coefficient (Wildman–Crippen LogP) is 1.43. The second-order valence-electron chi connectivity index (χ2n) is 2.74. The summed E-state index contributed by atoms with van der Waals surface area (Å²) in [4.78, 5) is 9.95. The first-order valence-corrected chi connectivity index (χ1v) is 3.81. The normalized spacial score (nSPS) is 19.3. The van der Waals surface area contributed by atoms with E-state index >= 15 is 0 Å². The zero-order valence-corrected chi connectivity index (χ0v) is 6.29. The van der Waals surface area contributed by atoms with E-state index < -0.39 is 6.09 Å². The van der Waals surface area contributed by atoms with Crippen molar-refractivity contribution in [1.82, 2.24) is 5.43 Å². The Morgan fingerprint density at radius 2 is 2.18 bits per heavy atom. The van der Waals surface area contributed by atoms with Gasteiger partial charge in [-0.25, -0.2) is 10.2 Å². The highest BCUT2D eigenvalue weighted by Crippen LogP contribution is 2.22. The summed E-state index contributed by atoms with van der Waals surface area (Å²) in [6.07, 6.45) is 5.36. The van der Waals surface area contributed by atoms with E-state index in [-0.39, 0.29) is 0 Å². The average molecular weight is 156 g/mol. The van der Waals surface area contributed by atoms with Crippen LogP contribution in [0.5, 0.6) is 0 Å². The topological polar surface area (TPSA) is 61.7 Å². The van der Waals surface area contributed by atoms with Crippen LogP contribution in [0.3, 0.4) is 0 Å². The lowest BCUT2D eigenvalue weighted by molar-refractivity contribution is 0.195. The van der Waals surface area contributed by atoms with Gasteiger partial charge in [0.2, 0.25) is 0 Å². The molecule has 4 nitrogen and oxygen atoms in total. The molecular weight excluding hydrogens is 144 g/mol. The fourth-order valence-electron chi connectivity index (χ4n) is 1.30. The lowest BCUT2D eigenvalue weighted by Gasteiger charge is -1.97. The molecule has 0 aliphatic heterocycles. The van der Waals surface area contributed by atoms with E-state index in [1.165, 1.54) is 12.8 Å². The Bertz CT molecular complexity index is 162. The number of amides is 1. The Morgan fingerprint density at radius 1 is 1.55 bits per heavy atom. The van der Waals surface area contributed by atoms with Crippen LogP contribution in [0.4, 0.5) is 4.79 Å². The SMILES string of the molecule is O=C(O)N/N=C/C1CCCC1. The zero-order valence-electron chi connectivity index (χ0n) is 6.29. The summed E-state index contributed by atoms with van der Waals surface area (Å²) in [6, 6.07) is 0. The van der Waals surface area contributed by atoms with Gasteiger partial charge in [-0.2, -0.15) is 5.10 Å². The summed E-state index contributed by atoms with van der Waals surface area (Å²) in [6.45, 7) is 0. The van der Waals surface area contributed by atoms with Crippen LogP contribution in [0.25, 0.3) is 0 Å². The second-order valence-corrected chi connectivity index (χ2v) is 2.74. The van der Waals surface area contributed by atoms with Crippen molar-refractivity contribution < 1.29 is 9.90 Å². The third kappa shape index (κ3) is 3.02. The standard InChI is InChI=1S/C7H12N2O2/c10-7(11)9-8-5-6-3-1-2-4-6/h5-6,9H,1-4H2,(H,10,11)/b8-5+. The van der Waals surface area contributed by atoms with Crippen LogP contribution in [0.2, 0.25) is 0 Å². The van der Waals surface area contributed by atoms with Gasteiger partial charge in [0, 0.05) is 6.21 Å². The van der Waals surface area contributed by atoms with E-state index in [9.17, 15) is 4.79 Å². The molecule has 0 bridgehead atoms. The van der Waals surface area contributed by atoms with E-state index in [4.69, 9.17) is 5.11 Å². The Labute approximate surface area is 65.3 Å². The molecule has 1 aliphatic carbocycles. The summed E-state index contributed by atoms with van der Waals surface area (Å²) in [5.74, 6) is 0.488. The lowest BCUT2D eigenvalue weighted by Crippen LogP contribution is -2.14. The summed E-state index contributed by atoms with van der Waals surface area (Å²) in [5.41, 5.74) is 1.96. The van der Waals surface area contributed by atoms with E-state index in [1.807, 2.05) is 5.43 Å². The average Bonchev–Trinajstić information content (AvgIpc) is 2.39. The largest absolute Gasteiger partial charge is 0.464 e. The number of hydrogen-bond donors (Lipinski definition) is 2. The molecule has 4 heteroatoms. The van der Waals surface area contributed by atoms with Crippen LogP contribution in [-0.4, -0.2) is 17.4 Å². The van der Waals surface area contributed by atoms with E-state index in [0.29, 0.717) is 5.92 Å². The van der Waals surface area contributed by atoms with Gasteiger partial charge in [-0.1, -0.05) is 12.8 Å². The monoisotopic (exact) mass is 156 g/mol. The third-order valence-electron chi connectivity index (χ3n) is 1.85. The second kappa shape index (κ2) is 3.95. The lowest BCUT2D eigenvalue weighted by atomic mass is 10.1. The van der Waals surface area contributed by atoms with Crippen molar-refractivity contribution in [1.29, 1.82) is 0 Å². The van der Waals surface area contributed by atoms with Gasteiger partial charge in [-0.05, 0) is 18.8 Å². The van der Waals surface area contributed by atoms with Crippen LogP contribution in [-0.2, 0) is 0 Å². The molecule has 0 radical (unpaired) electrons. The molecule has 1 aliphatic rings. The zero-order chi connectivity index (χ0) is 8.10. The van der Waals surface area contributed by atoms with E-state index in [0.717, 1.165) is 12.8 Å². The first-order chi connectivity index (χ1) is 5.29. The Balaban J connectivity index is 2.17. The molecule has 0 unspecified atom stereocenters. The van der Waals surface area contributed by atoms with Gasteiger partial charge in [-0.3, -0.25) is 0 Å². The highest BCUT2D eigenvalue weighted by Gasteiger charge is 2.11. The Hall–Kier alpha value is -1.06. The molecule has 1 fully saturated rings. The molecule has 0 aromatic heterocycles. The molecule has 0 heterocycles. The summed E-state index contributed by atoms with van der Waals surface area (Å²) in [5, 5.41) is 11.7. The minimum absolute atomic E-state index is 0.488. The van der Waals surface area contributed by atoms with Crippen LogP contribution in [0.15, 0.2) is 5.10 Å². The van der Waals surface area contributed by atoms with Crippen molar-refractivity contribution in [3.8, 4) is 0 Å². The van der Waals surface area contributed by atoms with Gasteiger partial charge in [0.25, 0.3) is 0 Å². The first kappa shape index (κ1) is 8.04. The molecular formula is C7H12N2O2. The van der Waals surface area contributed by atoms with Crippen LogP contribution in [0.1, 0.15) is 25.7 Å². The molecule has 0 saturated heterocycles. The predicted molar refractivity (Wildman–Crippen MR) is 41.6 cm³/mol. The maximum Gasteiger partial charge on any atom is 0.425 e. The number of carboxylic acid groups (broad SMARTS) is 1. The molecule has 2 N–H and O–H groups in total. The van der Waals surface area contributed by atoms with Gasteiger partial charge >= 0.3 is 6.09 Å². The Kier molecular flexibility index (Phi) is 2.89. The smallest absolute Gasteiger partial charge is 0.425 e. The molecule has 0 spiro atoms. The van der Waals surface area contributed by atoms with Gasteiger partial charge in [0.15, 0.2) is 0 Å². The van der Waals surface area contributed by atoms with Gasteiger partial charge < -0.3 is 5.11 Å². The molecule has 0 aromatic rings. The van der Waals surface area contributed by atoms with Crippen molar-refractivity contribution >= 4 is 12.3 Å². The van der Waals surface area contributed by atoms with Gasteiger partial charge in [0.1, 0.15) is 0 Å². The van der Waals surface area contributed by atoms with Crippen LogP contribution < -0.4 is 5.43 Å². The van der Waals surface area contributed by atoms with Crippen molar-refractivity contribution in [2.45, 2.75) is 25.7 Å². The fraction of sp³-hybridized carbons (Fsp3) is 0.714. The minimum atomic E-state index is -1.10. The van der Waals surface area contributed by atoms with Gasteiger partial charge in [-0.15, -0.1) is 0 Å². The van der Waals surface area contributed by atoms with Crippen LogP contribution >= 0.6 is 0 Å². The van der Waals surface area contributed by atoms with E-state index in [1.54, 1.807) is 6.21 Å². The maximum atomic E-state index is 9.95. The Morgan fingerprint density at radius 3 is 2.73 bits per heavy atom. The number of hydrogen-bond acceptors (Lipinski definition) is 2. The van der Waals surface area contributed by atoms with Crippen molar-refractivity contribution in [2.75, 3.05) is 0 Å². The fourth-order valence-corrected chi connectivity index (χ4v) is 1.30.